The predicted molar refractivity (Wildman–Crippen MR) is 106 cm³/mol. The second kappa shape index (κ2) is 8.23. The molecule has 30 heavy (non-hydrogen) atoms. The molecule has 0 aliphatic heterocycles. The van der Waals surface area contributed by atoms with Crippen LogP contribution in [0.3, 0.4) is 0 Å². The molecule has 1 atom stereocenters. The first-order valence-corrected chi connectivity index (χ1v) is 9.41. The van der Waals surface area contributed by atoms with E-state index in [0.717, 1.165) is 18.2 Å². The summed E-state index contributed by atoms with van der Waals surface area (Å²) >= 11 is 12.2. The molecule has 0 aliphatic rings. The van der Waals surface area contributed by atoms with Gasteiger partial charge in [-0.2, -0.15) is 17.9 Å². The Morgan fingerprint density at radius 2 is 1.77 bits per heavy atom. The molecule has 0 bridgehead atoms. The van der Waals surface area contributed by atoms with Crippen LogP contribution in [0.4, 0.5) is 13.2 Å². The summed E-state index contributed by atoms with van der Waals surface area (Å²) in [6.07, 6.45) is -5.09. The molecule has 3 aromatic rings. The summed E-state index contributed by atoms with van der Waals surface area (Å²) in [5.41, 5.74) is 2.40. The van der Waals surface area contributed by atoms with Gasteiger partial charge in [-0.15, -0.1) is 5.10 Å². The number of alkyl halides is 3. The van der Waals surface area contributed by atoms with Crippen molar-refractivity contribution in [3.8, 4) is 5.69 Å². The molecule has 0 saturated heterocycles. The van der Waals surface area contributed by atoms with Crippen molar-refractivity contribution in [1.82, 2.24) is 25.1 Å². The van der Waals surface area contributed by atoms with Gasteiger partial charge in [-0.3, -0.25) is 4.79 Å². The van der Waals surface area contributed by atoms with Crippen LogP contribution in [0.15, 0.2) is 36.4 Å². The molecule has 0 spiro atoms. The molecule has 0 N–H and O–H groups in total. The fourth-order valence-corrected chi connectivity index (χ4v) is 3.74. The Balaban J connectivity index is 2.25. The van der Waals surface area contributed by atoms with E-state index in [9.17, 15) is 18.0 Å². The maximum absolute atomic E-state index is 13.2. The average Bonchev–Trinajstić information content (AvgIpc) is 3.11. The quantitative estimate of drug-likeness (QED) is 0.569. The molecule has 158 valence electrons. The van der Waals surface area contributed by atoms with E-state index >= 15 is 0 Å². The second-order valence-electron chi connectivity index (χ2n) is 6.67. The lowest BCUT2D eigenvalue weighted by molar-refractivity contribution is -0.185. The number of benzene rings is 2. The van der Waals surface area contributed by atoms with E-state index in [1.165, 1.54) is 22.9 Å². The van der Waals surface area contributed by atoms with Gasteiger partial charge in [0.2, 0.25) is 0 Å². The molecule has 0 aliphatic carbocycles. The van der Waals surface area contributed by atoms with Gasteiger partial charge in [-0.25, -0.2) is 0 Å². The Hall–Kier alpha value is -2.65. The van der Waals surface area contributed by atoms with Gasteiger partial charge in [0.05, 0.1) is 5.69 Å². The SMILES string of the molecule is Cc1cccc(C)c1-n1nnnc1C(c1ccc(Cl)cc1Cl)N(C)C(=O)C(F)(F)F. The molecule has 1 heterocycles. The van der Waals surface area contributed by atoms with E-state index in [1.807, 2.05) is 32.0 Å². The van der Waals surface area contributed by atoms with Gasteiger partial charge in [0.1, 0.15) is 6.04 Å². The van der Waals surface area contributed by atoms with Gasteiger partial charge >= 0.3 is 12.1 Å². The van der Waals surface area contributed by atoms with Crippen LogP contribution in [0.25, 0.3) is 5.69 Å². The van der Waals surface area contributed by atoms with Crippen LogP contribution in [0.1, 0.15) is 28.6 Å². The highest BCUT2D eigenvalue weighted by molar-refractivity contribution is 6.35. The van der Waals surface area contributed by atoms with E-state index < -0.39 is 18.1 Å². The lowest BCUT2D eigenvalue weighted by Crippen LogP contribution is -2.42. The number of carbonyl (C=O) groups excluding carboxylic acids is 1. The summed E-state index contributed by atoms with van der Waals surface area (Å²) in [5.74, 6) is -2.06. The maximum Gasteiger partial charge on any atom is 0.471 e. The number of rotatable bonds is 4. The van der Waals surface area contributed by atoms with Crippen LogP contribution in [-0.2, 0) is 4.79 Å². The molecule has 2 aromatic carbocycles. The topological polar surface area (TPSA) is 63.9 Å². The number of amides is 1. The summed E-state index contributed by atoms with van der Waals surface area (Å²) < 4.78 is 41.0. The number of halogens is 5. The summed E-state index contributed by atoms with van der Waals surface area (Å²) in [6, 6.07) is 8.45. The molecule has 0 saturated carbocycles. The monoisotopic (exact) mass is 457 g/mol. The van der Waals surface area contributed by atoms with Crippen molar-refractivity contribution in [2.45, 2.75) is 26.1 Å². The number of nitrogens with zero attached hydrogens (tertiary/aromatic N) is 5. The first-order chi connectivity index (χ1) is 14.0. The van der Waals surface area contributed by atoms with Crippen molar-refractivity contribution in [1.29, 1.82) is 0 Å². The number of aromatic nitrogens is 4. The van der Waals surface area contributed by atoms with Crippen molar-refractivity contribution >= 4 is 29.1 Å². The van der Waals surface area contributed by atoms with Crippen LogP contribution >= 0.6 is 23.2 Å². The van der Waals surface area contributed by atoms with Crippen molar-refractivity contribution in [3.05, 3.63) is 69.0 Å². The zero-order valence-corrected chi connectivity index (χ0v) is 17.6. The van der Waals surface area contributed by atoms with Gasteiger partial charge in [0.15, 0.2) is 5.82 Å². The van der Waals surface area contributed by atoms with E-state index in [2.05, 4.69) is 15.5 Å². The minimum absolute atomic E-state index is 0.00303. The molecule has 0 radical (unpaired) electrons. The third kappa shape index (κ3) is 4.13. The minimum atomic E-state index is -5.09. The van der Waals surface area contributed by atoms with Gasteiger partial charge in [-0.1, -0.05) is 47.5 Å². The number of aryl methyl sites for hydroxylation is 2. The molecule has 3 rings (SSSR count). The van der Waals surface area contributed by atoms with Crippen LogP contribution in [0, 0.1) is 13.8 Å². The first-order valence-electron chi connectivity index (χ1n) is 8.66. The number of carbonyl (C=O) groups is 1. The Morgan fingerprint density at radius 1 is 1.13 bits per heavy atom. The number of hydrogen-bond acceptors (Lipinski definition) is 4. The average molecular weight is 458 g/mol. The molecule has 1 aromatic heterocycles. The normalized spacial score (nSPS) is 12.7. The van der Waals surface area contributed by atoms with Gasteiger partial charge in [0.25, 0.3) is 0 Å². The van der Waals surface area contributed by atoms with Crippen molar-refractivity contribution in [2.75, 3.05) is 7.05 Å². The fourth-order valence-electron chi connectivity index (χ4n) is 3.22. The zero-order valence-electron chi connectivity index (χ0n) is 16.1. The Kier molecular flexibility index (Phi) is 6.05. The third-order valence-electron chi connectivity index (χ3n) is 4.60. The predicted octanol–water partition coefficient (Wildman–Crippen LogP) is 4.70. The summed E-state index contributed by atoms with van der Waals surface area (Å²) in [5, 5.41) is 11.9. The molecular weight excluding hydrogens is 442 g/mol. The Bertz CT molecular complexity index is 1080. The third-order valence-corrected chi connectivity index (χ3v) is 5.16. The van der Waals surface area contributed by atoms with E-state index in [-0.39, 0.29) is 16.4 Å². The molecule has 0 fully saturated rings. The lowest BCUT2D eigenvalue weighted by atomic mass is 10.0. The Labute approximate surface area is 180 Å². The highest BCUT2D eigenvalue weighted by Gasteiger charge is 2.45. The van der Waals surface area contributed by atoms with E-state index in [4.69, 9.17) is 23.2 Å². The summed E-state index contributed by atoms with van der Waals surface area (Å²) in [4.78, 5) is 12.6. The summed E-state index contributed by atoms with van der Waals surface area (Å²) in [7, 11) is 1.02. The van der Waals surface area contributed by atoms with E-state index in [0.29, 0.717) is 15.6 Å². The van der Waals surface area contributed by atoms with Gasteiger partial charge in [-0.05, 0) is 47.5 Å². The number of hydrogen-bond donors (Lipinski definition) is 0. The van der Waals surface area contributed by atoms with Gasteiger partial charge < -0.3 is 4.90 Å². The molecular formula is C19H16Cl2F3N5O. The standard InChI is InChI=1S/C19H16Cl2F3N5O/c1-10-5-4-6-11(2)15(10)29-17(25-26-27-29)16(28(3)18(30)19(22,23)24)13-8-7-12(20)9-14(13)21/h4-9,16H,1-3H3. The van der Waals surface area contributed by atoms with Crippen molar-refractivity contribution in [2.24, 2.45) is 0 Å². The highest BCUT2D eigenvalue weighted by atomic mass is 35.5. The van der Waals surface area contributed by atoms with Gasteiger partial charge in [0, 0.05) is 22.7 Å². The molecule has 6 nitrogen and oxygen atoms in total. The lowest BCUT2D eigenvalue weighted by Gasteiger charge is -2.29. The minimum Gasteiger partial charge on any atom is -0.323 e. The Morgan fingerprint density at radius 3 is 2.33 bits per heavy atom. The van der Waals surface area contributed by atoms with Crippen LogP contribution < -0.4 is 0 Å². The molecule has 1 unspecified atom stereocenters. The number of para-hydroxylation sites is 1. The first kappa shape index (κ1) is 22.0. The van der Waals surface area contributed by atoms with Crippen LogP contribution in [-0.4, -0.2) is 44.2 Å². The van der Waals surface area contributed by atoms with E-state index in [1.54, 1.807) is 0 Å². The highest BCUT2D eigenvalue weighted by Crippen LogP contribution is 2.36. The van der Waals surface area contributed by atoms with Crippen molar-refractivity contribution in [3.63, 3.8) is 0 Å². The largest absolute Gasteiger partial charge is 0.471 e. The number of tetrazole rings is 1. The smallest absolute Gasteiger partial charge is 0.323 e. The molecule has 11 heteroatoms. The van der Waals surface area contributed by atoms with Crippen LogP contribution in [0.2, 0.25) is 10.0 Å². The summed E-state index contributed by atoms with van der Waals surface area (Å²) in [6.45, 7) is 3.64. The molecule has 1 amide bonds. The maximum atomic E-state index is 13.2. The van der Waals surface area contributed by atoms with Crippen molar-refractivity contribution < 1.29 is 18.0 Å². The second-order valence-corrected chi connectivity index (χ2v) is 7.52. The fraction of sp³-hybridized carbons (Fsp3) is 0.263. The van der Waals surface area contributed by atoms with Crippen LogP contribution in [0.5, 0.6) is 0 Å². The zero-order chi connectivity index (χ0) is 22.2.